The first-order valence-corrected chi connectivity index (χ1v) is 8.51. The fourth-order valence-corrected chi connectivity index (χ4v) is 3.60. The van der Waals surface area contributed by atoms with Gasteiger partial charge in [0, 0.05) is 16.1 Å². The summed E-state index contributed by atoms with van der Waals surface area (Å²) >= 11 is 1.39. The van der Waals surface area contributed by atoms with E-state index in [4.69, 9.17) is 5.11 Å². The van der Waals surface area contributed by atoms with Gasteiger partial charge in [0.25, 0.3) is 5.91 Å². The van der Waals surface area contributed by atoms with E-state index >= 15 is 0 Å². The van der Waals surface area contributed by atoms with Crippen LogP contribution in [0.1, 0.15) is 63.3 Å². The molecule has 0 spiro atoms. The monoisotopic (exact) mass is 348 g/mol. The molecular weight excluding hydrogens is 328 g/mol. The van der Waals surface area contributed by atoms with E-state index < -0.39 is 17.9 Å². The minimum Gasteiger partial charge on any atom is -0.481 e. The molecule has 0 bridgehead atoms. The zero-order valence-corrected chi connectivity index (χ0v) is 14.6. The Balaban J connectivity index is 2.32. The quantitative estimate of drug-likeness (QED) is 0.670. The second-order valence-electron chi connectivity index (χ2n) is 5.53. The van der Waals surface area contributed by atoms with Gasteiger partial charge in [0.15, 0.2) is 5.78 Å². The molecule has 0 aliphatic heterocycles. The Morgan fingerprint density at radius 3 is 2.58 bits per heavy atom. The summed E-state index contributed by atoms with van der Waals surface area (Å²) in [6, 6.07) is 3.00. The van der Waals surface area contributed by atoms with Gasteiger partial charge in [0.2, 0.25) is 0 Å². The fourth-order valence-electron chi connectivity index (χ4n) is 2.82. The molecular formula is C17H20N2O4S. The van der Waals surface area contributed by atoms with Crippen LogP contribution >= 0.6 is 11.3 Å². The van der Waals surface area contributed by atoms with E-state index in [2.05, 4.69) is 10.3 Å². The highest BCUT2D eigenvalue weighted by molar-refractivity contribution is 7.10. The predicted octanol–water partition coefficient (Wildman–Crippen LogP) is 3.10. The van der Waals surface area contributed by atoms with Gasteiger partial charge in [-0.15, -0.1) is 11.3 Å². The molecule has 0 fully saturated rings. The Kier molecular flexibility index (Phi) is 5.56. The molecule has 0 aliphatic rings. The number of aromatic amines is 1. The van der Waals surface area contributed by atoms with Crippen LogP contribution in [0.5, 0.6) is 0 Å². The average Bonchev–Trinajstić information content (AvgIpc) is 3.12. The lowest BCUT2D eigenvalue weighted by molar-refractivity contribution is -0.137. The third-order valence-corrected chi connectivity index (χ3v) is 4.78. The fraction of sp³-hybridized carbons (Fsp3) is 0.353. The number of carboxylic acids is 1. The van der Waals surface area contributed by atoms with Crippen LogP contribution in [0.15, 0.2) is 17.5 Å². The van der Waals surface area contributed by atoms with E-state index in [9.17, 15) is 14.4 Å². The van der Waals surface area contributed by atoms with Gasteiger partial charge in [0.1, 0.15) is 5.69 Å². The van der Waals surface area contributed by atoms with Crippen molar-refractivity contribution >= 4 is 29.0 Å². The second kappa shape index (κ2) is 7.44. The first kappa shape index (κ1) is 17.9. The van der Waals surface area contributed by atoms with Gasteiger partial charge in [-0.2, -0.15) is 0 Å². The standard InChI is InChI=1S/C17H20N2O4S/c1-4-11-15(10(3)20)9(2)18-16(11)17(23)19-12(8-14(21)22)13-6-5-7-24-13/h5-7,12,18H,4,8H2,1-3H3,(H,19,23)(H,21,22)/t12-/m0/s1. The molecule has 0 radical (unpaired) electrons. The van der Waals surface area contributed by atoms with Gasteiger partial charge in [-0.25, -0.2) is 0 Å². The van der Waals surface area contributed by atoms with Crippen LogP contribution in [0, 0.1) is 6.92 Å². The van der Waals surface area contributed by atoms with Crippen molar-refractivity contribution in [3.63, 3.8) is 0 Å². The normalized spacial score (nSPS) is 12.0. The Morgan fingerprint density at radius 2 is 2.08 bits per heavy atom. The maximum absolute atomic E-state index is 12.7. The van der Waals surface area contributed by atoms with Crippen LogP contribution in [0.25, 0.3) is 0 Å². The molecule has 0 saturated heterocycles. The Hall–Kier alpha value is -2.41. The molecule has 0 unspecified atom stereocenters. The van der Waals surface area contributed by atoms with E-state index in [1.54, 1.807) is 13.0 Å². The van der Waals surface area contributed by atoms with Crippen LogP contribution in [0.3, 0.4) is 0 Å². The Morgan fingerprint density at radius 1 is 1.38 bits per heavy atom. The van der Waals surface area contributed by atoms with Gasteiger partial charge >= 0.3 is 5.97 Å². The van der Waals surface area contributed by atoms with Crippen molar-refractivity contribution in [3.8, 4) is 0 Å². The number of carbonyl (C=O) groups excluding carboxylic acids is 2. The number of H-pyrrole nitrogens is 1. The number of thiophene rings is 1. The summed E-state index contributed by atoms with van der Waals surface area (Å²) in [7, 11) is 0. The first-order chi connectivity index (χ1) is 11.3. The number of carbonyl (C=O) groups is 3. The van der Waals surface area contributed by atoms with Crippen LogP contribution < -0.4 is 5.32 Å². The first-order valence-electron chi connectivity index (χ1n) is 7.63. The number of aromatic nitrogens is 1. The summed E-state index contributed by atoms with van der Waals surface area (Å²) in [5.74, 6) is -1.49. The highest BCUT2D eigenvalue weighted by atomic mass is 32.1. The zero-order valence-electron chi connectivity index (χ0n) is 13.8. The van der Waals surface area contributed by atoms with Gasteiger partial charge in [-0.05, 0) is 37.3 Å². The third kappa shape index (κ3) is 3.73. The van der Waals surface area contributed by atoms with E-state index in [1.165, 1.54) is 18.3 Å². The molecule has 2 aromatic rings. The topological polar surface area (TPSA) is 99.3 Å². The Labute approximate surface area is 143 Å². The summed E-state index contributed by atoms with van der Waals surface area (Å²) < 4.78 is 0. The molecule has 1 atom stereocenters. The summed E-state index contributed by atoms with van der Waals surface area (Å²) in [6.07, 6.45) is 0.331. The molecule has 6 nitrogen and oxygen atoms in total. The minimum atomic E-state index is -0.989. The number of Topliss-reactive ketones (excluding diaryl/α,β-unsaturated/α-hetero) is 1. The number of hydrogen-bond donors (Lipinski definition) is 3. The molecule has 2 aromatic heterocycles. The maximum atomic E-state index is 12.7. The molecule has 7 heteroatoms. The summed E-state index contributed by atoms with van der Waals surface area (Å²) in [5, 5.41) is 13.7. The van der Waals surface area contributed by atoms with Crippen LogP contribution in [0.4, 0.5) is 0 Å². The van der Waals surface area contributed by atoms with E-state index in [0.29, 0.717) is 28.9 Å². The molecule has 2 rings (SSSR count). The van der Waals surface area contributed by atoms with Crippen molar-refractivity contribution < 1.29 is 19.5 Å². The van der Waals surface area contributed by atoms with Crippen LogP contribution in [-0.2, 0) is 11.2 Å². The van der Waals surface area contributed by atoms with Crippen molar-refractivity contribution in [1.82, 2.24) is 10.3 Å². The lowest BCUT2D eigenvalue weighted by Crippen LogP contribution is -2.30. The maximum Gasteiger partial charge on any atom is 0.305 e. The molecule has 0 aliphatic carbocycles. The Bertz CT molecular complexity index is 762. The molecule has 0 saturated carbocycles. The largest absolute Gasteiger partial charge is 0.481 e. The van der Waals surface area contributed by atoms with Gasteiger partial charge in [-0.3, -0.25) is 14.4 Å². The summed E-state index contributed by atoms with van der Waals surface area (Å²) in [5.41, 5.74) is 2.17. The molecule has 1 amide bonds. The number of nitrogens with one attached hydrogen (secondary N) is 2. The number of hydrogen-bond acceptors (Lipinski definition) is 4. The van der Waals surface area contributed by atoms with Crippen molar-refractivity contribution in [2.75, 3.05) is 0 Å². The number of rotatable bonds is 7. The van der Waals surface area contributed by atoms with E-state index in [1.807, 2.05) is 18.4 Å². The molecule has 2 heterocycles. The molecule has 128 valence electrons. The number of ketones is 1. The average molecular weight is 348 g/mol. The highest BCUT2D eigenvalue weighted by Gasteiger charge is 2.25. The van der Waals surface area contributed by atoms with Crippen molar-refractivity contribution in [3.05, 3.63) is 44.9 Å². The third-order valence-electron chi connectivity index (χ3n) is 3.79. The van der Waals surface area contributed by atoms with Crippen molar-refractivity contribution in [2.45, 2.75) is 39.7 Å². The van der Waals surface area contributed by atoms with E-state index in [-0.39, 0.29) is 12.2 Å². The lowest BCUT2D eigenvalue weighted by atomic mass is 10.0. The molecule has 3 N–H and O–H groups in total. The number of amides is 1. The van der Waals surface area contributed by atoms with E-state index in [0.717, 1.165) is 4.88 Å². The zero-order chi connectivity index (χ0) is 17.9. The van der Waals surface area contributed by atoms with Gasteiger partial charge < -0.3 is 15.4 Å². The number of carboxylic acid groups (broad SMARTS) is 1. The molecule has 0 aromatic carbocycles. The SMILES string of the molecule is CCc1c(C(=O)N[C@@H](CC(=O)O)c2cccs2)[nH]c(C)c1C(C)=O. The molecule has 24 heavy (non-hydrogen) atoms. The summed E-state index contributed by atoms with van der Waals surface area (Å²) in [6.45, 7) is 5.09. The minimum absolute atomic E-state index is 0.0972. The highest BCUT2D eigenvalue weighted by Crippen LogP contribution is 2.25. The lowest BCUT2D eigenvalue weighted by Gasteiger charge is -2.15. The van der Waals surface area contributed by atoms with Crippen molar-refractivity contribution in [1.29, 1.82) is 0 Å². The van der Waals surface area contributed by atoms with Crippen LogP contribution in [-0.4, -0.2) is 27.8 Å². The smallest absolute Gasteiger partial charge is 0.305 e. The van der Waals surface area contributed by atoms with Crippen molar-refractivity contribution in [2.24, 2.45) is 0 Å². The summed E-state index contributed by atoms with van der Waals surface area (Å²) in [4.78, 5) is 39.3. The number of aryl methyl sites for hydroxylation is 1. The van der Waals surface area contributed by atoms with Crippen LogP contribution in [0.2, 0.25) is 0 Å². The van der Waals surface area contributed by atoms with Gasteiger partial charge in [-0.1, -0.05) is 13.0 Å². The van der Waals surface area contributed by atoms with Gasteiger partial charge in [0.05, 0.1) is 12.5 Å². The predicted molar refractivity (Wildman–Crippen MR) is 91.7 cm³/mol. The number of aliphatic carboxylic acids is 1. The second-order valence-corrected chi connectivity index (χ2v) is 6.51.